The Bertz CT molecular complexity index is 655. The van der Waals surface area contributed by atoms with Crippen molar-refractivity contribution in [2.24, 2.45) is 0 Å². The molecular weight excluding hydrogens is 316 g/mol. The molecule has 1 N–H and O–H groups in total. The molecule has 0 unspecified atom stereocenters. The van der Waals surface area contributed by atoms with E-state index >= 15 is 0 Å². The minimum Gasteiger partial charge on any atom is -0.497 e. The fourth-order valence-corrected chi connectivity index (χ4v) is 3.31. The molecule has 0 aliphatic carbocycles. The van der Waals surface area contributed by atoms with Crippen LogP contribution in [-0.4, -0.2) is 53.4 Å². The number of benzene rings is 1. The number of carbonyl (C=O) groups is 1. The zero-order valence-electron chi connectivity index (χ0n) is 14.7. The second-order valence-electron chi connectivity index (χ2n) is 6.44. The van der Waals surface area contributed by atoms with Crippen molar-refractivity contribution in [3.63, 3.8) is 0 Å². The first-order chi connectivity index (χ1) is 12.2. The number of nitrogens with zero attached hydrogens (tertiary/aromatic N) is 3. The number of rotatable bonds is 8. The molecule has 6 nitrogen and oxygen atoms in total. The van der Waals surface area contributed by atoms with Gasteiger partial charge in [0.1, 0.15) is 5.75 Å². The molecule has 2 aromatic rings. The molecule has 1 aromatic heterocycles. The van der Waals surface area contributed by atoms with E-state index in [1.54, 1.807) is 13.3 Å². The lowest BCUT2D eigenvalue weighted by Gasteiger charge is -2.23. The fraction of sp³-hybridized carbons (Fsp3) is 0.474. The number of hydrogen-bond acceptors (Lipinski definition) is 4. The van der Waals surface area contributed by atoms with Crippen LogP contribution in [0.1, 0.15) is 18.4 Å². The van der Waals surface area contributed by atoms with Gasteiger partial charge < -0.3 is 10.1 Å². The molecular formula is C19H26N4O2. The lowest BCUT2D eigenvalue weighted by molar-refractivity contribution is -0.122. The summed E-state index contributed by atoms with van der Waals surface area (Å²) in [4.78, 5) is 14.5. The van der Waals surface area contributed by atoms with Crippen LogP contribution in [0.15, 0.2) is 42.7 Å². The quantitative estimate of drug-likeness (QED) is 0.793. The van der Waals surface area contributed by atoms with Crippen molar-refractivity contribution in [2.75, 3.05) is 26.7 Å². The van der Waals surface area contributed by atoms with Crippen LogP contribution in [0.4, 0.5) is 0 Å². The van der Waals surface area contributed by atoms with E-state index in [4.69, 9.17) is 4.74 Å². The first kappa shape index (κ1) is 17.5. The molecule has 3 rings (SSSR count). The zero-order valence-corrected chi connectivity index (χ0v) is 14.7. The maximum Gasteiger partial charge on any atom is 0.234 e. The predicted octanol–water partition coefficient (Wildman–Crippen LogP) is 1.71. The summed E-state index contributed by atoms with van der Waals surface area (Å²) < 4.78 is 7.10. The number of nitrogens with one attached hydrogen (secondary N) is 1. The van der Waals surface area contributed by atoms with Gasteiger partial charge >= 0.3 is 0 Å². The Labute approximate surface area is 148 Å². The van der Waals surface area contributed by atoms with Gasteiger partial charge in [0.05, 0.1) is 20.2 Å². The highest BCUT2D eigenvalue weighted by Crippen LogP contribution is 2.18. The van der Waals surface area contributed by atoms with Crippen molar-refractivity contribution < 1.29 is 9.53 Å². The highest BCUT2D eigenvalue weighted by Gasteiger charge is 2.26. The lowest BCUT2D eigenvalue weighted by atomic mass is 10.1. The normalized spacial score (nSPS) is 17.6. The summed E-state index contributed by atoms with van der Waals surface area (Å²) in [5.41, 5.74) is 1.19. The SMILES string of the molecule is COc1ccc(CCNC(=O)CN2CCC[C@@H]2Cn2cccn2)cc1. The van der Waals surface area contributed by atoms with Crippen molar-refractivity contribution in [3.05, 3.63) is 48.3 Å². The molecule has 1 saturated heterocycles. The average molecular weight is 342 g/mol. The van der Waals surface area contributed by atoms with Crippen LogP contribution in [0, 0.1) is 0 Å². The van der Waals surface area contributed by atoms with Crippen LogP contribution in [0.5, 0.6) is 5.75 Å². The molecule has 0 bridgehead atoms. The first-order valence-electron chi connectivity index (χ1n) is 8.85. The monoisotopic (exact) mass is 342 g/mol. The molecule has 0 radical (unpaired) electrons. The van der Waals surface area contributed by atoms with Crippen molar-refractivity contribution in [3.8, 4) is 5.75 Å². The number of methoxy groups -OCH3 is 1. The second kappa shape index (κ2) is 8.67. The topological polar surface area (TPSA) is 59.4 Å². The number of hydrogen-bond donors (Lipinski definition) is 1. The third kappa shape index (κ3) is 5.06. The number of likely N-dealkylation sites (tertiary alicyclic amines) is 1. The van der Waals surface area contributed by atoms with Crippen molar-refractivity contribution in [1.82, 2.24) is 20.0 Å². The highest BCUT2D eigenvalue weighted by atomic mass is 16.5. The van der Waals surface area contributed by atoms with Crippen LogP contribution in [0.2, 0.25) is 0 Å². The first-order valence-corrected chi connectivity index (χ1v) is 8.85. The second-order valence-corrected chi connectivity index (χ2v) is 6.44. The average Bonchev–Trinajstić information content (AvgIpc) is 3.28. The van der Waals surface area contributed by atoms with Gasteiger partial charge in [-0.15, -0.1) is 0 Å². The molecule has 25 heavy (non-hydrogen) atoms. The number of amides is 1. The predicted molar refractivity (Wildman–Crippen MR) is 96.5 cm³/mol. The molecule has 6 heteroatoms. The molecule has 1 atom stereocenters. The van der Waals surface area contributed by atoms with Gasteiger partial charge in [-0.1, -0.05) is 12.1 Å². The molecule has 1 aliphatic rings. The summed E-state index contributed by atoms with van der Waals surface area (Å²) in [6, 6.07) is 10.3. The van der Waals surface area contributed by atoms with Gasteiger partial charge in [0, 0.05) is 25.0 Å². The van der Waals surface area contributed by atoms with E-state index in [-0.39, 0.29) is 5.91 Å². The summed E-state index contributed by atoms with van der Waals surface area (Å²) in [5, 5.41) is 7.30. The molecule has 0 saturated carbocycles. The van der Waals surface area contributed by atoms with Crippen molar-refractivity contribution >= 4 is 5.91 Å². The fourth-order valence-electron chi connectivity index (χ4n) is 3.31. The molecule has 1 fully saturated rings. The van der Waals surface area contributed by atoms with E-state index in [9.17, 15) is 4.79 Å². The van der Waals surface area contributed by atoms with E-state index in [0.717, 1.165) is 38.1 Å². The van der Waals surface area contributed by atoms with Crippen LogP contribution < -0.4 is 10.1 Å². The number of ether oxygens (including phenoxy) is 1. The van der Waals surface area contributed by atoms with E-state index < -0.39 is 0 Å². The van der Waals surface area contributed by atoms with Crippen molar-refractivity contribution in [2.45, 2.75) is 31.8 Å². The van der Waals surface area contributed by atoms with Gasteiger partial charge in [0.2, 0.25) is 5.91 Å². The van der Waals surface area contributed by atoms with Crippen LogP contribution >= 0.6 is 0 Å². The van der Waals surface area contributed by atoms with Crippen LogP contribution in [0.3, 0.4) is 0 Å². The van der Waals surface area contributed by atoms with Gasteiger partial charge in [-0.2, -0.15) is 5.10 Å². The Hall–Kier alpha value is -2.34. The summed E-state index contributed by atoms with van der Waals surface area (Å²) in [5.74, 6) is 0.950. The molecule has 1 amide bonds. The van der Waals surface area contributed by atoms with Gasteiger partial charge in [-0.3, -0.25) is 14.4 Å². The van der Waals surface area contributed by atoms with E-state index in [2.05, 4.69) is 15.3 Å². The molecule has 1 aliphatic heterocycles. The largest absolute Gasteiger partial charge is 0.497 e. The molecule has 0 spiro atoms. The Morgan fingerprint density at radius 3 is 2.92 bits per heavy atom. The Morgan fingerprint density at radius 2 is 2.20 bits per heavy atom. The van der Waals surface area contributed by atoms with Crippen molar-refractivity contribution in [1.29, 1.82) is 0 Å². The van der Waals surface area contributed by atoms with Crippen LogP contribution in [0.25, 0.3) is 0 Å². The highest BCUT2D eigenvalue weighted by molar-refractivity contribution is 5.78. The Morgan fingerprint density at radius 1 is 1.36 bits per heavy atom. The van der Waals surface area contributed by atoms with Gasteiger partial charge in [-0.05, 0) is 49.6 Å². The molecule has 2 heterocycles. The minimum absolute atomic E-state index is 0.0980. The maximum atomic E-state index is 12.2. The Balaban J connectivity index is 1.40. The van der Waals surface area contributed by atoms with Crippen LogP contribution in [-0.2, 0) is 17.8 Å². The zero-order chi connectivity index (χ0) is 17.5. The number of aromatic nitrogens is 2. The summed E-state index contributed by atoms with van der Waals surface area (Å²) in [7, 11) is 1.66. The lowest BCUT2D eigenvalue weighted by Crippen LogP contribution is -2.41. The van der Waals surface area contributed by atoms with Gasteiger partial charge in [0.25, 0.3) is 0 Å². The van der Waals surface area contributed by atoms with Gasteiger partial charge in [0.15, 0.2) is 0 Å². The standard InChI is InChI=1S/C19H26N4O2/c1-25-18-7-5-16(6-8-18)9-11-20-19(24)15-22-12-2-4-17(22)14-23-13-3-10-21-23/h3,5-8,10,13,17H,2,4,9,11-12,14-15H2,1H3,(H,20,24)/t17-/m1/s1. The maximum absolute atomic E-state index is 12.2. The third-order valence-corrected chi connectivity index (χ3v) is 4.70. The summed E-state index contributed by atoms with van der Waals surface area (Å²) in [6.45, 7) is 2.96. The third-order valence-electron chi connectivity index (χ3n) is 4.70. The smallest absolute Gasteiger partial charge is 0.234 e. The van der Waals surface area contributed by atoms with Gasteiger partial charge in [-0.25, -0.2) is 0 Å². The summed E-state index contributed by atoms with van der Waals surface area (Å²) in [6.07, 6.45) is 6.87. The molecule has 1 aromatic carbocycles. The Kier molecular flexibility index (Phi) is 6.06. The van der Waals surface area contributed by atoms with E-state index in [1.807, 2.05) is 41.2 Å². The van der Waals surface area contributed by atoms with E-state index in [1.165, 1.54) is 5.56 Å². The van der Waals surface area contributed by atoms with E-state index in [0.29, 0.717) is 19.1 Å². The number of carbonyl (C=O) groups excluding carboxylic acids is 1. The minimum atomic E-state index is 0.0980. The molecule has 134 valence electrons. The summed E-state index contributed by atoms with van der Waals surface area (Å²) >= 11 is 0.